The topological polar surface area (TPSA) is 46.3 Å². The van der Waals surface area contributed by atoms with E-state index in [2.05, 4.69) is 37.0 Å². The molecule has 0 aliphatic heterocycles. The molecule has 0 aliphatic carbocycles. The van der Waals surface area contributed by atoms with Crippen molar-refractivity contribution in [1.82, 2.24) is 10.1 Å². The summed E-state index contributed by atoms with van der Waals surface area (Å²) in [7, 11) is 1.77. The Morgan fingerprint density at radius 3 is 2.35 bits per heavy atom. The zero-order valence-corrected chi connectivity index (χ0v) is 14.6. The lowest BCUT2D eigenvalue weighted by molar-refractivity contribution is 0.0784. The van der Waals surface area contributed by atoms with Crippen LogP contribution in [-0.4, -0.2) is 23.0 Å². The summed E-state index contributed by atoms with van der Waals surface area (Å²) in [5, 5.41) is 3.90. The van der Waals surface area contributed by atoms with Crippen LogP contribution in [0.1, 0.15) is 27.4 Å². The van der Waals surface area contributed by atoms with Crippen LogP contribution >= 0.6 is 31.9 Å². The summed E-state index contributed by atoms with van der Waals surface area (Å²) < 4.78 is 6.84. The third-order valence-electron chi connectivity index (χ3n) is 3.03. The monoisotopic (exact) mass is 400 g/mol. The Kier molecular flexibility index (Phi) is 4.65. The van der Waals surface area contributed by atoms with Gasteiger partial charge in [-0.1, -0.05) is 37.0 Å². The van der Waals surface area contributed by atoms with E-state index in [4.69, 9.17) is 4.52 Å². The lowest BCUT2D eigenvalue weighted by Crippen LogP contribution is -2.26. The lowest BCUT2D eigenvalue weighted by atomic mass is 10.1. The van der Waals surface area contributed by atoms with Crippen LogP contribution in [0.4, 0.5) is 0 Å². The summed E-state index contributed by atoms with van der Waals surface area (Å²) in [6.45, 7) is 4.20. The molecule has 106 valence electrons. The van der Waals surface area contributed by atoms with Crippen LogP contribution in [0.2, 0.25) is 0 Å². The van der Waals surface area contributed by atoms with Crippen molar-refractivity contribution in [2.75, 3.05) is 7.05 Å². The fourth-order valence-electron chi connectivity index (χ4n) is 1.93. The number of hydrogen-bond acceptors (Lipinski definition) is 3. The number of benzene rings is 1. The fourth-order valence-corrected chi connectivity index (χ4v) is 3.23. The van der Waals surface area contributed by atoms with Gasteiger partial charge >= 0.3 is 0 Å². The van der Waals surface area contributed by atoms with Gasteiger partial charge in [0, 0.05) is 27.1 Å². The predicted molar refractivity (Wildman–Crippen MR) is 83.6 cm³/mol. The molecule has 0 saturated carbocycles. The Morgan fingerprint density at radius 1 is 1.25 bits per heavy atom. The smallest absolute Gasteiger partial charge is 0.253 e. The number of carbonyl (C=O) groups is 1. The number of carbonyl (C=O) groups excluding carboxylic acids is 1. The Labute approximate surface area is 134 Å². The molecule has 2 aromatic rings. The molecule has 0 unspecified atom stereocenters. The van der Waals surface area contributed by atoms with Gasteiger partial charge in [0.05, 0.1) is 12.2 Å². The second-order valence-electron chi connectivity index (χ2n) is 4.62. The molecular formula is C14H14Br2N2O2. The van der Waals surface area contributed by atoms with Crippen LogP contribution in [0.5, 0.6) is 0 Å². The number of nitrogens with zero attached hydrogens (tertiary/aromatic N) is 2. The minimum absolute atomic E-state index is 0.0491. The van der Waals surface area contributed by atoms with E-state index in [1.807, 2.05) is 19.9 Å². The quantitative estimate of drug-likeness (QED) is 0.778. The maximum absolute atomic E-state index is 12.4. The number of halogens is 2. The third-order valence-corrected chi connectivity index (χ3v) is 3.95. The van der Waals surface area contributed by atoms with Gasteiger partial charge in [-0.05, 0) is 32.0 Å². The van der Waals surface area contributed by atoms with Crippen LogP contribution < -0.4 is 0 Å². The van der Waals surface area contributed by atoms with E-state index in [1.54, 1.807) is 24.1 Å². The number of aryl methyl sites for hydroxylation is 2. The molecule has 0 N–H and O–H groups in total. The number of rotatable bonds is 3. The maximum Gasteiger partial charge on any atom is 0.253 e. The first-order valence-corrected chi connectivity index (χ1v) is 7.60. The molecule has 0 atom stereocenters. The van der Waals surface area contributed by atoms with Crippen LogP contribution in [0.25, 0.3) is 0 Å². The van der Waals surface area contributed by atoms with Crippen molar-refractivity contribution in [2.24, 2.45) is 0 Å². The Balaban J connectivity index is 2.20. The fraction of sp³-hybridized carbons (Fsp3) is 0.286. The van der Waals surface area contributed by atoms with E-state index in [-0.39, 0.29) is 5.91 Å². The van der Waals surface area contributed by atoms with Gasteiger partial charge in [0.15, 0.2) is 0 Å². The van der Waals surface area contributed by atoms with Crippen molar-refractivity contribution >= 4 is 37.8 Å². The van der Waals surface area contributed by atoms with Crippen LogP contribution in [0.3, 0.4) is 0 Å². The molecule has 0 radical (unpaired) electrons. The average molecular weight is 402 g/mol. The summed E-state index contributed by atoms with van der Waals surface area (Å²) in [6.07, 6.45) is 0. The summed E-state index contributed by atoms with van der Waals surface area (Å²) in [4.78, 5) is 14.1. The molecule has 0 fully saturated rings. The minimum atomic E-state index is -0.0491. The van der Waals surface area contributed by atoms with E-state index in [0.717, 1.165) is 26.0 Å². The summed E-state index contributed by atoms with van der Waals surface area (Å²) in [5.74, 6) is 0.699. The largest absolute Gasteiger partial charge is 0.361 e. The molecule has 0 bridgehead atoms. The van der Waals surface area contributed by atoms with Crippen LogP contribution in [0, 0.1) is 13.8 Å². The zero-order valence-electron chi connectivity index (χ0n) is 11.4. The molecular weight excluding hydrogens is 388 g/mol. The average Bonchev–Trinajstić information content (AvgIpc) is 2.68. The molecule has 20 heavy (non-hydrogen) atoms. The van der Waals surface area contributed by atoms with Crippen molar-refractivity contribution in [1.29, 1.82) is 0 Å². The molecule has 2 rings (SSSR count). The highest BCUT2D eigenvalue weighted by Gasteiger charge is 2.17. The first-order valence-electron chi connectivity index (χ1n) is 6.02. The predicted octanol–water partition coefficient (Wildman–Crippen LogP) is 4.09. The number of hydrogen-bond donors (Lipinski definition) is 0. The number of amides is 1. The van der Waals surface area contributed by atoms with E-state index >= 15 is 0 Å². The van der Waals surface area contributed by atoms with Gasteiger partial charge in [0.25, 0.3) is 5.91 Å². The molecule has 4 nitrogen and oxygen atoms in total. The van der Waals surface area contributed by atoms with Gasteiger partial charge in [-0.2, -0.15) is 0 Å². The minimum Gasteiger partial charge on any atom is -0.361 e. The highest BCUT2D eigenvalue weighted by atomic mass is 79.9. The van der Waals surface area contributed by atoms with E-state index < -0.39 is 0 Å². The van der Waals surface area contributed by atoms with Crippen molar-refractivity contribution in [3.05, 3.63) is 49.7 Å². The normalized spacial score (nSPS) is 10.7. The molecule has 6 heteroatoms. The number of aromatic nitrogens is 1. The van der Waals surface area contributed by atoms with E-state index in [0.29, 0.717) is 12.1 Å². The van der Waals surface area contributed by atoms with Gasteiger partial charge in [-0.25, -0.2) is 0 Å². The molecule has 0 spiro atoms. The van der Waals surface area contributed by atoms with Gasteiger partial charge in [-0.15, -0.1) is 0 Å². The maximum atomic E-state index is 12.4. The second kappa shape index (κ2) is 6.10. The van der Waals surface area contributed by atoms with Gasteiger partial charge in [0.2, 0.25) is 0 Å². The van der Waals surface area contributed by atoms with Crippen molar-refractivity contribution in [3.8, 4) is 0 Å². The summed E-state index contributed by atoms with van der Waals surface area (Å²) >= 11 is 6.78. The molecule has 1 aromatic heterocycles. The highest BCUT2D eigenvalue weighted by Crippen LogP contribution is 2.22. The van der Waals surface area contributed by atoms with Crippen molar-refractivity contribution in [3.63, 3.8) is 0 Å². The van der Waals surface area contributed by atoms with E-state index in [9.17, 15) is 4.79 Å². The Bertz CT molecular complexity index is 613. The zero-order chi connectivity index (χ0) is 14.9. The first kappa shape index (κ1) is 15.3. The van der Waals surface area contributed by atoms with Crippen LogP contribution in [-0.2, 0) is 6.54 Å². The first-order chi connectivity index (χ1) is 9.38. The van der Waals surface area contributed by atoms with E-state index in [1.165, 1.54) is 0 Å². The molecule has 1 amide bonds. The highest BCUT2D eigenvalue weighted by molar-refractivity contribution is 9.11. The molecule has 1 heterocycles. The van der Waals surface area contributed by atoms with Crippen molar-refractivity contribution in [2.45, 2.75) is 20.4 Å². The molecule has 0 saturated heterocycles. The second-order valence-corrected chi connectivity index (χ2v) is 6.45. The van der Waals surface area contributed by atoms with Gasteiger partial charge in [-0.3, -0.25) is 4.79 Å². The summed E-state index contributed by atoms with van der Waals surface area (Å²) in [5.41, 5.74) is 2.40. The standard InChI is InChI=1S/C14H14Br2N2O2/c1-8-13(9(2)20-17-8)7-18(3)14(19)10-4-11(15)6-12(16)5-10/h4-6H,7H2,1-3H3. The summed E-state index contributed by atoms with van der Waals surface area (Å²) in [6, 6.07) is 5.50. The van der Waals surface area contributed by atoms with Crippen LogP contribution in [0.15, 0.2) is 31.7 Å². The Hall–Kier alpha value is -1.14. The van der Waals surface area contributed by atoms with Crippen molar-refractivity contribution < 1.29 is 9.32 Å². The third kappa shape index (κ3) is 3.30. The SMILES string of the molecule is Cc1noc(C)c1CN(C)C(=O)c1cc(Br)cc(Br)c1. The van der Waals surface area contributed by atoms with Gasteiger partial charge in [0.1, 0.15) is 5.76 Å². The lowest BCUT2D eigenvalue weighted by Gasteiger charge is -2.17. The molecule has 0 aliphatic rings. The van der Waals surface area contributed by atoms with Gasteiger partial charge < -0.3 is 9.42 Å². The molecule has 1 aromatic carbocycles. The Morgan fingerprint density at radius 2 is 1.85 bits per heavy atom.